The van der Waals surface area contributed by atoms with E-state index in [2.05, 4.69) is 30.6 Å². The molecule has 0 bridgehead atoms. The number of nitrogens with one attached hydrogen (secondary N) is 1. The predicted molar refractivity (Wildman–Crippen MR) is 68.7 cm³/mol. The third-order valence-electron chi connectivity index (χ3n) is 3.19. The molecule has 0 saturated carbocycles. The minimum Gasteiger partial charge on any atom is -0.380 e. The molecular formula is C13H26N2O. The second kappa shape index (κ2) is 7.82. The summed E-state index contributed by atoms with van der Waals surface area (Å²) in [5, 5.41) is 3.53. The van der Waals surface area contributed by atoms with Crippen molar-refractivity contribution >= 4 is 0 Å². The van der Waals surface area contributed by atoms with Crippen LogP contribution in [0.5, 0.6) is 0 Å². The number of hydrogen-bond donors (Lipinski definition) is 1. The molecule has 1 heterocycles. The van der Waals surface area contributed by atoms with Crippen LogP contribution in [0.2, 0.25) is 0 Å². The highest BCUT2D eigenvalue weighted by Crippen LogP contribution is 2.09. The topological polar surface area (TPSA) is 24.5 Å². The van der Waals surface area contributed by atoms with Gasteiger partial charge in [0.25, 0.3) is 0 Å². The maximum atomic E-state index is 5.57. The minimum atomic E-state index is 0.607. The molecule has 3 heteroatoms. The summed E-state index contributed by atoms with van der Waals surface area (Å²) in [6.07, 6.45) is 4.07. The van der Waals surface area contributed by atoms with Crippen molar-refractivity contribution in [1.82, 2.24) is 10.2 Å². The summed E-state index contributed by atoms with van der Waals surface area (Å²) in [4.78, 5) is 2.55. The van der Waals surface area contributed by atoms with E-state index in [1.54, 1.807) is 0 Å². The van der Waals surface area contributed by atoms with Crippen molar-refractivity contribution in [1.29, 1.82) is 0 Å². The highest BCUT2D eigenvalue weighted by atomic mass is 16.5. The Morgan fingerprint density at radius 2 is 2.31 bits per heavy atom. The van der Waals surface area contributed by atoms with E-state index in [4.69, 9.17) is 4.74 Å². The van der Waals surface area contributed by atoms with Gasteiger partial charge in [0.2, 0.25) is 0 Å². The summed E-state index contributed by atoms with van der Waals surface area (Å²) in [6.45, 7) is 13.2. The fourth-order valence-corrected chi connectivity index (χ4v) is 2.16. The molecule has 16 heavy (non-hydrogen) atoms. The normalized spacial score (nSPS) is 26.9. The average molecular weight is 226 g/mol. The number of nitrogens with zero attached hydrogens (tertiary/aromatic N) is 1. The van der Waals surface area contributed by atoms with E-state index < -0.39 is 0 Å². The van der Waals surface area contributed by atoms with Gasteiger partial charge in [-0.1, -0.05) is 13.0 Å². The molecule has 2 atom stereocenters. The fourth-order valence-electron chi connectivity index (χ4n) is 2.16. The lowest BCUT2D eigenvalue weighted by Gasteiger charge is -2.38. The van der Waals surface area contributed by atoms with Gasteiger partial charge in [0.05, 0.1) is 13.2 Å². The van der Waals surface area contributed by atoms with Crippen LogP contribution in [-0.2, 0) is 4.74 Å². The number of rotatable bonds is 7. The maximum absolute atomic E-state index is 5.57. The lowest BCUT2D eigenvalue weighted by molar-refractivity contribution is 0.0680. The second-order valence-electron chi connectivity index (χ2n) is 4.56. The molecule has 1 aliphatic rings. The highest BCUT2D eigenvalue weighted by Gasteiger charge is 2.23. The number of hydrogen-bond acceptors (Lipinski definition) is 3. The first kappa shape index (κ1) is 13.7. The van der Waals surface area contributed by atoms with Gasteiger partial charge < -0.3 is 10.1 Å². The van der Waals surface area contributed by atoms with Gasteiger partial charge in [-0.2, -0.15) is 0 Å². The van der Waals surface area contributed by atoms with Crippen molar-refractivity contribution in [2.24, 2.45) is 0 Å². The minimum absolute atomic E-state index is 0.607. The Balaban J connectivity index is 2.18. The van der Waals surface area contributed by atoms with Crippen LogP contribution in [0.3, 0.4) is 0 Å². The van der Waals surface area contributed by atoms with Gasteiger partial charge in [-0.3, -0.25) is 4.90 Å². The molecular weight excluding hydrogens is 200 g/mol. The van der Waals surface area contributed by atoms with Crippen LogP contribution in [-0.4, -0.2) is 49.8 Å². The SMILES string of the molecule is C=CCCOCCN1CC(C)NCC1CC. The van der Waals surface area contributed by atoms with Crippen LogP contribution in [0.1, 0.15) is 26.7 Å². The van der Waals surface area contributed by atoms with E-state index in [0.717, 1.165) is 39.3 Å². The Labute approximate surface area is 99.8 Å². The summed E-state index contributed by atoms with van der Waals surface area (Å²) < 4.78 is 5.57. The van der Waals surface area contributed by atoms with Crippen LogP contribution in [0, 0.1) is 0 Å². The van der Waals surface area contributed by atoms with Gasteiger partial charge in [0.15, 0.2) is 0 Å². The Hall–Kier alpha value is -0.380. The van der Waals surface area contributed by atoms with Gasteiger partial charge in [0, 0.05) is 31.7 Å². The first-order chi connectivity index (χ1) is 7.77. The summed E-state index contributed by atoms with van der Waals surface area (Å²) >= 11 is 0. The summed E-state index contributed by atoms with van der Waals surface area (Å²) in [5.74, 6) is 0. The first-order valence-corrected chi connectivity index (χ1v) is 6.44. The Bertz CT molecular complexity index is 196. The van der Waals surface area contributed by atoms with Crippen LogP contribution >= 0.6 is 0 Å². The first-order valence-electron chi connectivity index (χ1n) is 6.44. The van der Waals surface area contributed by atoms with Crippen molar-refractivity contribution in [3.63, 3.8) is 0 Å². The zero-order valence-corrected chi connectivity index (χ0v) is 10.7. The van der Waals surface area contributed by atoms with E-state index in [9.17, 15) is 0 Å². The number of piperazine rings is 1. The van der Waals surface area contributed by atoms with E-state index in [0.29, 0.717) is 12.1 Å². The van der Waals surface area contributed by atoms with Crippen molar-refractivity contribution < 1.29 is 4.74 Å². The average Bonchev–Trinajstić information content (AvgIpc) is 2.29. The monoisotopic (exact) mass is 226 g/mol. The van der Waals surface area contributed by atoms with Gasteiger partial charge >= 0.3 is 0 Å². The molecule has 0 spiro atoms. The van der Waals surface area contributed by atoms with Gasteiger partial charge in [-0.05, 0) is 19.8 Å². The lowest BCUT2D eigenvalue weighted by Crippen LogP contribution is -2.55. The molecule has 1 rings (SSSR count). The maximum Gasteiger partial charge on any atom is 0.0593 e. The molecule has 2 unspecified atom stereocenters. The molecule has 1 fully saturated rings. The predicted octanol–water partition coefficient (Wildman–Crippen LogP) is 1.65. The highest BCUT2D eigenvalue weighted by molar-refractivity contribution is 4.83. The molecule has 0 aliphatic carbocycles. The van der Waals surface area contributed by atoms with Crippen molar-refractivity contribution in [2.45, 2.75) is 38.8 Å². The smallest absolute Gasteiger partial charge is 0.0593 e. The zero-order chi connectivity index (χ0) is 11.8. The summed E-state index contributed by atoms with van der Waals surface area (Å²) in [7, 11) is 0. The molecule has 1 saturated heterocycles. The molecule has 0 aromatic rings. The third kappa shape index (κ3) is 4.64. The second-order valence-corrected chi connectivity index (χ2v) is 4.56. The van der Waals surface area contributed by atoms with Crippen molar-refractivity contribution in [3.8, 4) is 0 Å². The third-order valence-corrected chi connectivity index (χ3v) is 3.19. The Morgan fingerprint density at radius 3 is 3.00 bits per heavy atom. The Kier molecular flexibility index (Phi) is 6.69. The van der Waals surface area contributed by atoms with E-state index in [1.807, 2.05) is 6.08 Å². The quantitative estimate of drug-likeness (QED) is 0.528. The summed E-state index contributed by atoms with van der Waals surface area (Å²) in [6, 6.07) is 1.29. The van der Waals surface area contributed by atoms with Gasteiger partial charge in [-0.25, -0.2) is 0 Å². The van der Waals surface area contributed by atoms with Crippen LogP contribution in [0.15, 0.2) is 12.7 Å². The molecule has 0 aromatic carbocycles. The molecule has 0 amide bonds. The fraction of sp³-hybridized carbons (Fsp3) is 0.846. The summed E-state index contributed by atoms with van der Waals surface area (Å²) in [5.41, 5.74) is 0. The van der Waals surface area contributed by atoms with Gasteiger partial charge in [0.1, 0.15) is 0 Å². The van der Waals surface area contributed by atoms with Crippen LogP contribution in [0.25, 0.3) is 0 Å². The Morgan fingerprint density at radius 1 is 1.50 bits per heavy atom. The van der Waals surface area contributed by atoms with Crippen LogP contribution < -0.4 is 5.32 Å². The van der Waals surface area contributed by atoms with E-state index in [1.165, 1.54) is 6.42 Å². The molecule has 1 aliphatic heterocycles. The number of ether oxygens (including phenoxy) is 1. The largest absolute Gasteiger partial charge is 0.380 e. The molecule has 3 nitrogen and oxygen atoms in total. The van der Waals surface area contributed by atoms with Crippen LogP contribution in [0.4, 0.5) is 0 Å². The molecule has 94 valence electrons. The van der Waals surface area contributed by atoms with Gasteiger partial charge in [-0.15, -0.1) is 6.58 Å². The van der Waals surface area contributed by atoms with Crippen molar-refractivity contribution in [2.75, 3.05) is 32.8 Å². The van der Waals surface area contributed by atoms with E-state index in [-0.39, 0.29) is 0 Å². The standard InChI is InChI=1S/C13H26N2O/c1-4-6-8-16-9-7-15-11-12(3)14-10-13(15)5-2/h4,12-14H,1,5-11H2,2-3H3. The molecule has 1 N–H and O–H groups in total. The van der Waals surface area contributed by atoms with E-state index >= 15 is 0 Å². The molecule has 0 radical (unpaired) electrons. The zero-order valence-electron chi connectivity index (χ0n) is 10.7. The van der Waals surface area contributed by atoms with Crippen molar-refractivity contribution in [3.05, 3.63) is 12.7 Å². The molecule has 0 aromatic heterocycles. The lowest BCUT2D eigenvalue weighted by atomic mass is 10.1.